The molecule has 0 radical (unpaired) electrons. The van der Waals surface area contributed by atoms with Gasteiger partial charge in [0.1, 0.15) is 0 Å². The van der Waals surface area contributed by atoms with Crippen molar-refractivity contribution in [3.8, 4) is 6.07 Å². The molecule has 1 rings (SSSR count). The molecular weight excluding hydrogens is 238 g/mol. The van der Waals surface area contributed by atoms with Crippen molar-refractivity contribution in [1.29, 1.82) is 5.26 Å². The van der Waals surface area contributed by atoms with E-state index in [2.05, 4.69) is 37.5 Å². The number of amides is 1. The minimum Gasteiger partial charge on any atom is -0.352 e. The summed E-state index contributed by atoms with van der Waals surface area (Å²) in [6.07, 6.45) is 0.466. The molecule has 0 aliphatic rings. The van der Waals surface area contributed by atoms with Gasteiger partial charge in [-0.2, -0.15) is 5.26 Å². The van der Waals surface area contributed by atoms with E-state index < -0.39 is 0 Å². The van der Waals surface area contributed by atoms with E-state index in [4.69, 9.17) is 5.26 Å². The molecule has 0 spiro atoms. The Balaban J connectivity index is 2.28. The highest BCUT2D eigenvalue weighted by molar-refractivity contribution is 5.76. The van der Waals surface area contributed by atoms with Crippen LogP contribution < -0.4 is 10.6 Å². The van der Waals surface area contributed by atoms with E-state index in [0.717, 1.165) is 5.56 Å². The Morgan fingerprint density at radius 1 is 1.26 bits per heavy atom. The predicted molar refractivity (Wildman–Crippen MR) is 75.4 cm³/mol. The van der Waals surface area contributed by atoms with Crippen LogP contribution in [0.15, 0.2) is 24.3 Å². The lowest BCUT2D eigenvalue weighted by atomic mass is 10.1. The molecule has 0 saturated carbocycles. The van der Waals surface area contributed by atoms with Crippen molar-refractivity contribution in [2.24, 2.45) is 0 Å². The maximum atomic E-state index is 11.6. The van der Waals surface area contributed by atoms with Crippen LogP contribution in [-0.2, 0) is 11.3 Å². The molecule has 1 aromatic rings. The number of nitrogens with one attached hydrogen (secondary N) is 2. The molecule has 4 heteroatoms. The summed E-state index contributed by atoms with van der Waals surface area (Å²) in [7, 11) is 0. The molecule has 0 heterocycles. The molecule has 0 unspecified atom stereocenters. The summed E-state index contributed by atoms with van der Waals surface area (Å²) in [5, 5.41) is 14.8. The predicted octanol–water partition coefficient (Wildman–Crippen LogP) is 1.95. The number of hydrogen-bond donors (Lipinski definition) is 2. The van der Waals surface area contributed by atoms with Crippen LogP contribution in [0.1, 0.15) is 38.3 Å². The fourth-order valence-corrected chi connectivity index (χ4v) is 1.54. The van der Waals surface area contributed by atoms with E-state index in [-0.39, 0.29) is 11.4 Å². The number of hydrogen-bond acceptors (Lipinski definition) is 3. The molecule has 0 atom stereocenters. The van der Waals surface area contributed by atoms with E-state index in [1.165, 1.54) is 0 Å². The number of rotatable bonds is 5. The zero-order valence-electron chi connectivity index (χ0n) is 11.8. The first-order valence-corrected chi connectivity index (χ1v) is 6.41. The van der Waals surface area contributed by atoms with Gasteiger partial charge in [0, 0.05) is 25.0 Å². The van der Waals surface area contributed by atoms with Crippen LogP contribution in [0.3, 0.4) is 0 Å². The first-order chi connectivity index (χ1) is 8.90. The molecule has 0 fully saturated rings. The lowest BCUT2D eigenvalue weighted by molar-refractivity contribution is -0.121. The Bertz CT molecular complexity index is 452. The molecular formula is C15H21N3O. The SMILES string of the molecule is CC(C)(C)NCCC(=O)NCc1ccc(C#N)cc1. The fraction of sp³-hybridized carbons (Fsp3) is 0.467. The Morgan fingerprint density at radius 2 is 1.89 bits per heavy atom. The van der Waals surface area contributed by atoms with Gasteiger partial charge in [-0.1, -0.05) is 12.1 Å². The van der Waals surface area contributed by atoms with Crippen molar-refractivity contribution in [2.75, 3.05) is 6.54 Å². The first-order valence-electron chi connectivity index (χ1n) is 6.41. The van der Waals surface area contributed by atoms with E-state index >= 15 is 0 Å². The monoisotopic (exact) mass is 259 g/mol. The van der Waals surface area contributed by atoms with E-state index in [9.17, 15) is 4.79 Å². The van der Waals surface area contributed by atoms with Gasteiger partial charge in [0.2, 0.25) is 5.91 Å². The molecule has 1 amide bonds. The normalized spacial score (nSPS) is 10.8. The average Bonchev–Trinajstić information content (AvgIpc) is 2.35. The van der Waals surface area contributed by atoms with Crippen LogP contribution in [0, 0.1) is 11.3 Å². The number of nitriles is 1. The van der Waals surface area contributed by atoms with Gasteiger partial charge in [-0.3, -0.25) is 4.79 Å². The topological polar surface area (TPSA) is 64.9 Å². The molecule has 19 heavy (non-hydrogen) atoms. The van der Waals surface area contributed by atoms with Crippen LogP contribution in [0.2, 0.25) is 0 Å². The highest BCUT2D eigenvalue weighted by Gasteiger charge is 2.09. The van der Waals surface area contributed by atoms with Gasteiger partial charge in [-0.25, -0.2) is 0 Å². The summed E-state index contributed by atoms with van der Waals surface area (Å²) in [4.78, 5) is 11.6. The highest BCUT2D eigenvalue weighted by atomic mass is 16.1. The lowest BCUT2D eigenvalue weighted by Gasteiger charge is -2.20. The first kappa shape index (κ1) is 15.2. The Hall–Kier alpha value is -1.86. The van der Waals surface area contributed by atoms with Gasteiger partial charge in [-0.05, 0) is 38.5 Å². The van der Waals surface area contributed by atoms with Crippen molar-refractivity contribution in [2.45, 2.75) is 39.3 Å². The van der Waals surface area contributed by atoms with Crippen molar-refractivity contribution in [1.82, 2.24) is 10.6 Å². The van der Waals surface area contributed by atoms with Crippen molar-refractivity contribution in [3.63, 3.8) is 0 Å². The third-order valence-electron chi connectivity index (χ3n) is 2.58. The Labute approximate surface area is 114 Å². The van der Waals surface area contributed by atoms with E-state index in [0.29, 0.717) is 25.1 Å². The van der Waals surface area contributed by atoms with Crippen molar-refractivity contribution in [3.05, 3.63) is 35.4 Å². The van der Waals surface area contributed by atoms with Crippen molar-refractivity contribution >= 4 is 5.91 Å². The second-order valence-electron chi connectivity index (χ2n) is 5.51. The summed E-state index contributed by atoms with van der Waals surface area (Å²) < 4.78 is 0. The molecule has 0 saturated heterocycles. The fourth-order valence-electron chi connectivity index (χ4n) is 1.54. The van der Waals surface area contributed by atoms with Gasteiger partial charge >= 0.3 is 0 Å². The average molecular weight is 259 g/mol. The second kappa shape index (κ2) is 6.91. The van der Waals surface area contributed by atoms with E-state index in [1.807, 2.05) is 12.1 Å². The Morgan fingerprint density at radius 3 is 2.42 bits per heavy atom. The highest BCUT2D eigenvalue weighted by Crippen LogP contribution is 2.03. The van der Waals surface area contributed by atoms with Crippen LogP contribution in [-0.4, -0.2) is 18.0 Å². The van der Waals surface area contributed by atoms with Crippen LogP contribution in [0.5, 0.6) is 0 Å². The molecule has 0 bridgehead atoms. The zero-order valence-corrected chi connectivity index (χ0v) is 11.8. The summed E-state index contributed by atoms with van der Waals surface area (Å²) in [5.74, 6) is 0.0288. The largest absolute Gasteiger partial charge is 0.352 e. The minimum atomic E-state index is 0.0288. The smallest absolute Gasteiger partial charge is 0.221 e. The molecule has 4 nitrogen and oxygen atoms in total. The molecule has 1 aromatic carbocycles. The van der Waals surface area contributed by atoms with Gasteiger partial charge in [0.25, 0.3) is 0 Å². The summed E-state index contributed by atoms with van der Waals surface area (Å²) >= 11 is 0. The van der Waals surface area contributed by atoms with E-state index in [1.54, 1.807) is 12.1 Å². The molecule has 0 aromatic heterocycles. The maximum absolute atomic E-state index is 11.6. The zero-order chi connectivity index (χ0) is 14.3. The number of nitrogens with zero attached hydrogens (tertiary/aromatic N) is 1. The molecule has 0 aliphatic heterocycles. The quantitative estimate of drug-likeness (QED) is 0.849. The van der Waals surface area contributed by atoms with Gasteiger partial charge in [-0.15, -0.1) is 0 Å². The third-order valence-corrected chi connectivity index (χ3v) is 2.58. The number of benzene rings is 1. The van der Waals surface area contributed by atoms with Gasteiger partial charge in [0.15, 0.2) is 0 Å². The van der Waals surface area contributed by atoms with Gasteiger partial charge < -0.3 is 10.6 Å². The van der Waals surface area contributed by atoms with Crippen molar-refractivity contribution < 1.29 is 4.79 Å². The molecule has 0 aliphatic carbocycles. The second-order valence-corrected chi connectivity index (χ2v) is 5.51. The van der Waals surface area contributed by atoms with Crippen LogP contribution in [0.25, 0.3) is 0 Å². The summed E-state index contributed by atoms with van der Waals surface area (Å²) in [6, 6.07) is 9.28. The number of carbonyl (C=O) groups excluding carboxylic acids is 1. The maximum Gasteiger partial charge on any atom is 0.221 e. The third kappa shape index (κ3) is 6.58. The van der Waals surface area contributed by atoms with Crippen LogP contribution in [0.4, 0.5) is 0 Å². The Kier molecular flexibility index (Phi) is 5.53. The summed E-state index contributed by atoms with van der Waals surface area (Å²) in [6.45, 7) is 7.38. The van der Waals surface area contributed by atoms with Gasteiger partial charge in [0.05, 0.1) is 11.6 Å². The lowest BCUT2D eigenvalue weighted by Crippen LogP contribution is -2.38. The summed E-state index contributed by atoms with van der Waals surface area (Å²) in [5.41, 5.74) is 1.66. The van der Waals surface area contributed by atoms with Crippen LogP contribution >= 0.6 is 0 Å². The molecule has 102 valence electrons. The standard InChI is InChI=1S/C15H21N3O/c1-15(2,3)18-9-8-14(19)17-11-13-6-4-12(10-16)5-7-13/h4-7,18H,8-9,11H2,1-3H3,(H,17,19). The molecule has 2 N–H and O–H groups in total. The number of carbonyl (C=O) groups is 1. The minimum absolute atomic E-state index is 0.0288.